The number of carboxylic acid groups (broad SMARTS) is 1. The van der Waals surface area contributed by atoms with Gasteiger partial charge in [0.05, 0.1) is 6.61 Å². The highest BCUT2D eigenvalue weighted by molar-refractivity contribution is 5.83. The molecule has 0 aliphatic carbocycles. The second-order valence-corrected chi connectivity index (χ2v) is 4.60. The van der Waals surface area contributed by atoms with E-state index in [4.69, 9.17) is 4.74 Å². The first-order valence-electron chi connectivity index (χ1n) is 6.58. The molecule has 0 amide bonds. The van der Waals surface area contributed by atoms with Crippen LogP contribution in [0.3, 0.4) is 0 Å². The van der Waals surface area contributed by atoms with Crippen LogP contribution < -0.4 is 10.1 Å². The second kappa shape index (κ2) is 6.21. The van der Waals surface area contributed by atoms with Gasteiger partial charge in [0, 0.05) is 6.07 Å². The fourth-order valence-electron chi connectivity index (χ4n) is 1.91. The molecule has 1 aromatic carbocycles. The SMILES string of the molecule is CCOc1cc(NC(C)(C(=O)O)c2ccccc2)ncn1. The summed E-state index contributed by atoms with van der Waals surface area (Å²) in [5, 5.41) is 12.5. The molecular weight excluding hydrogens is 270 g/mol. The third-order valence-corrected chi connectivity index (χ3v) is 3.09. The zero-order chi connectivity index (χ0) is 15.3. The number of nitrogens with one attached hydrogen (secondary N) is 1. The molecule has 1 unspecified atom stereocenters. The van der Waals surface area contributed by atoms with Gasteiger partial charge in [0.15, 0.2) is 5.54 Å². The van der Waals surface area contributed by atoms with Crippen LogP contribution in [0.15, 0.2) is 42.7 Å². The Hall–Kier alpha value is -2.63. The van der Waals surface area contributed by atoms with E-state index < -0.39 is 11.5 Å². The van der Waals surface area contributed by atoms with Crippen LogP contribution in [0.1, 0.15) is 19.4 Å². The van der Waals surface area contributed by atoms with Crippen LogP contribution in [0.4, 0.5) is 5.82 Å². The maximum atomic E-state index is 11.7. The minimum atomic E-state index is -1.29. The molecule has 2 rings (SSSR count). The number of hydrogen-bond acceptors (Lipinski definition) is 5. The van der Waals surface area contributed by atoms with Crippen molar-refractivity contribution in [1.82, 2.24) is 9.97 Å². The molecule has 1 aromatic heterocycles. The van der Waals surface area contributed by atoms with E-state index in [-0.39, 0.29) is 0 Å². The van der Waals surface area contributed by atoms with Gasteiger partial charge in [-0.1, -0.05) is 30.3 Å². The monoisotopic (exact) mass is 287 g/mol. The van der Waals surface area contributed by atoms with Gasteiger partial charge in [-0.3, -0.25) is 0 Å². The number of aliphatic carboxylic acids is 1. The molecule has 2 aromatic rings. The highest BCUT2D eigenvalue weighted by Gasteiger charge is 2.35. The molecule has 0 spiro atoms. The molecule has 0 saturated heterocycles. The van der Waals surface area contributed by atoms with Gasteiger partial charge in [-0.15, -0.1) is 0 Å². The first-order valence-corrected chi connectivity index (χ1v) is 6.58. The van der Waals surface area contributed by atoms with Gasteiger partial charge in [0.25, 0.3) is 0 Å². The lowest BCUT2D eigenvalue weighted by Crippen LogP contribution is -2.40. The predicted octanol–water partition coefficient (Wildman–Crippen LogP) is 2.29. The van der Waals surface area contributed by atoms with E-state index in [1.165, 1.54) is 6.33 Å². The number of rotatable bonds is 6. The maximum absolute atomic E-state index is 11.7. The van der Waals surface area contributed by atoms with Gasteiger partial charge in [0.2, 0.25) is 5.88 Å². The number of aromatic nitrogens is 2. The molecule has 6 heteroatoms. The van der Waals surface area contributed by atoms with Crippen molar-refractivity contribution < 1.29 is 14.6 Å². The Morgan fingerprint density at radius 2 is 2.05 bits per heavy atom. The summed E-state index contributed by atoms with van der Waals surface area (Å²) < 4.78 is 5.29. The minimum absolute atomic E-state index is 0.391. The van der Waals surface area contributed by atoms with Crippen LogP contribution in [0.25, 0.3) is 0 Å². The van der Waals surface area contributed by atoms with E-state index in [0.29, 0.717) is 23.9 Å². The Balaban J connectivity index is 2.33. The van der Waals surface area contributed by atoms with E-state index in [2.05, 4.69) is 15.3 Å². The number of nitrogens with zero attached hydrogens (tertiary/aromatic N) is 2. The molecule has 1 atom stereocenters. The van der Waals surface area contributed by atoms with Crippen molar-refractivity contribution in [2.75, 3.05) is 11.9 Å². The topological polar surface area (TPSA) is 84.3 Å². The third-order valence-electron chi connectivity index (χ3n) is 3.09. The molecule has 0 aliphatic rings. The molecule has 1 heterocycles. The molecule has 0 radical (unpaired) electrons. The predicted molar refractivity (Wildman–Crippen MR) is 78.3 cm³/mol. The molecule has 0 aliphatic heterocycles. The number of benzene rings is 1. The minimum Gasteiger partial charge on any atom is -0.479 e. The fraction of sp³-hybridized carbons (Fsp3) is 0.267. The van der Waals surface area contributed by atoms with E-state index in [1.54, 1.807) is 37.3 Å². The van der Waals surface area contributed by atoms with Gasteiger partial charge in [-0.2, -0.15) is 0 Å². The van der Waals surface area contributed by atoms with E-state index >= 15 is 0 Å². The van der Waals surface area contributed by atoms with Crippen molar-refractivity contribution in [1.29, 1.82) is 0 Å². The van der Waals surface area contributed by atoms with Gasteiger partial charge in [-0.25, -0.2) is 14.8 Å². The van der Waals surface area contributed by atoms with Crippen molar-refractivity contribution in [3.8, 4) is 5.88 Å². The van der Waals surface area contributed by atoms with Gasteiger partial charge in [-0.05, 0) is 19.4 Å². The summed E-state index contributed by atoms with van der Waals surface area (Å²) in [6.45, 7) is 3.92. The molecule has 0 fully saturated rings. The van der Waals surface area contributed by atoms with E-state index in [0.717, 1.165) is 0 Å². The fourth-order valence-corrected chi connectivity index (χ4v) is 1.91. The largest absolute Gasteiger partial charge is 0.479 e. The summed E-state index contributed by atoms with van der Waals surface area (Å²) in [6, 6.07) is 10.5. The van der Waals surface area contributed by atoms with Crippen molar-refractivity contribution in [2.45, 2.75) is 19.4 Å². The number of ether oxygens (including phenoxy) is 1. The Bertz CT molecular complexity index is 619. The summed E-state index contributed by atoms with van der Waals surface area (Å²) in [5.74, 6) is -0.205. The molecular formula is C15H17N3O3. The lowest BCUT2D eigenvalue weighted by atomic mass is 9.92. The summed E-state index contributed by atoms with van der Waals surface area (Å²) in [7, 11) is 0. The number of anilines is 1. The van der Waals surface area contributed by atoms with Crippen LogP contribution in [0.5, 0.6) is 5.88 Å². The summed E-state index contributed by atoms with van der Waals surface area (Å²) in [4.78, 5) is 19.7. The van der Waals surface area contributed by atoms with E-state index in [1.807, 2.05) is 13.0 Å². The van der Waals surface area contributed by atoms with Gasteiger partial charge >= 0.3 is 5.97 Å². The Kier molecular flexibility index (Phi) is 4.37. The molecule has 0 saturated carbocycles. The Labute approximate surface area is 122 Å². The van der Waals surface area contributed by atoms with Crippen LogP contribution in [-0.4, -0.2) is 27.7 Å². The van der Waals surface area contributed by atoms with E-state index in [9.17, 15) is 9.90 Å². The Morgan fingerprint density at radius 3 is 2.67 bits per heavy atom. The third kappa shape index (κ3) is 3.28. The highest BCUT2D eigenvalue weighted by Crippen LogP contribution is 2.26. The van der Waals surface area contributed by atoms with Crippen LogP contribution >= 0.6 is 0 Å². The van der Waals surface area contributed by atoms with Crippen LogP contribution in [-0.2, 0) is 10.3 Å². The summed E-state index contributed by atoms with van der Waals surface area (Å²) in [5.41, 5.74) is -0.659. The molecule has 2 N–H and O–H groups in total. The lowest BCUT2D eigenvalue weighted by Gasteiger charge is -2.27. The normalized spacial score (nSPS) is 13.2. The van der Waals surface area contributed by atoms with Crippen LogP contribution in [0, 0.1) is 0 Å². The quantitative estimate of drug-likeness (QED) is 0.848. The van der Waals surface area contributed by atoms with Crippen molar-refractivity contribution in [3.05, 3.63) is 48.3 Å². The molecule has 0 bridgehead atoms. The van der Waals surface area contributed by atoms with Crippen molar-refractivity contribution >= 4 is 11.8 Å². The molecule has 6 nitrogen and oxygen atoms in total. The zero-order valence-electron chi connectivity index (χ0n) is 11.9. The summed E-state index contributed by atoms with van der Waals surface area (Å²) >= 11 is 0. The smallest absolute Gasteiger partial charge is 0.333 e. The number of carboxylic acids is 1. The lowest BCUT2D eigenvalue weighted by molar-refractivity contribution is -0.142. The Morgan fingerprint density at radius 1 is 1.33 bits per heavy atom. The highest BCUT2D eigenvalue weighted by atomic mass is 16.5. The number of carbonyl (C=O) groups is 1. The first kappa shape index (κ1) is 14.8. The average Bonchev–Trinajstić information content (AvgIpc) is 2.48. The van der Waals surface area contributed by atoms with Crippen LogP contribution in [0.2, 0.25) is 0 Å². The van der Waals surface area contributed by atoms with Gasteiger partial charge in [0.1, 0.15) is 12.1 Å². The second-order valence-electron chi connectivity index (χ2n) is 4.60. The number of hydrogen-bond donors (Lipinski definition) is 2. The first-order chi connectivity index (χ1) is 10.1. The van der Waals surface area contributed by atoms with Gasteiger partial charge < -0.3 is 15.2 Å². The zero-order valence-corrected chi connectivity index (χ0v) is 11.9. The van der Waals surface area contributed by atoms with Crippen molar-refractivity contribution in [2.24, 2.45) is 0 Å². The average molecular weight is 287 g/mol. The molecule has 21 heavy (non-hydrogen) atoms. The molecule has 110 valence electrons. The maximum Gasteiger partial charge on any atom is 0.333 e. The standard InChI is InChI=1S/C15H17N3O3/c1-3-21-13-9-12(16-10-17-13)18-15(2,14(19)20)11-7-5-4-6-8-11/h4-10H,3H2,1-2H3,(H,19,20)(H,16,17,18). The van der Waals surface area contributed by atoms with Crippen molar-refractivity contribution in [3.63, 3.8) is 0 Å². The summed E-state index contributed by atoms with van der Waals surface area (Å²) in [6.07, 6.45) is 1.33.